The normalized spacial score (nSPS) is 10.5. The van der Waals surface area contributed by atoms with Gasteiger partial charge in [0.2, 0.25) is 0 Å². The van der Waals surface area contributed by atoms with Crippen molar-refractivity contribution in [3.05, 3.63) is 47.5 Å². The number of esters is 1. The summed E-state index contributed by atoms with van der Waals surface area (Å²) < 4.78 is 16.2. The molecule has 0 aliphatic heterocycles. The number of methoxy groups -OCH3 is 1. The molecular weight excluding hydrogens is 294 g/mol. The molecule has 2 aromatic carbocycles. The van der Waals surface area contributed by atoms with Crippen molar-refractivity contribution in [3.63, 3.8) is 0 Å². The number of benzene rings is 2. The molecule has 0 aliphatic rings. The number of rotatable bonds is 5. The summed E-state index contributed by atoms with van der Waals surface area (Å²) in [6.07, 6.45) is -0.214. The lowest BCUT2D eigenvalue weighted by Crippen LogP contribution is -2.13. The first kappa shape index (κ1) is 16.7. The summed E-state index contributed by atoms with van der Waals surface area (Å²) in [5, 5.41) is 0. The molecule has 5 heteroatoms. The van der Waals surface area contributed by atoms with Gasteiger partial charge in [0.05, 0.1) is 18.8 Å². The maximum atomic E-state index is 12.1. The molecule has 0 radical (unpaired) electrons. The summed E-state index contributed by atoms with van der Waals surface area (Å²) in [4.78, 5) is 12.1. The zero-order valence-corrected chi connectivity index (χ0v) is 13.8. The van der Waals surface area contributed by atoms with Crippen LogP contribution >= 0.6 is 0 Å². The predicted octanol–water partition coefficient (Wildman–Crippen LogP) is 3.94. The van der Waals surface area contributed by atoms with Crippen molar-refractivity contribution in [2.75, 3.05) is 12.8 Å². The Labute approximate surface area is 136 Å². The van der Waals surface area contributed by atoms with Crippen LogP contribution in [0.25, 0.3) is 0 Å². The van der Waals surface area contributed by atoms with Gasteiger partial charge in [-0.15, -0.1) is 0 Å². The fraction of sp³-hybridized carbons (Fsp3) is 0.278. The summed E-state index contributed by atoms with van der Waals surface area (Å²) in [5.41, 5.74) is 7.43. The molecule has 0 unspecified atom stereocenters. The Bertz CT molecular complexity index is 693. The van der Waals surface area contributed by atoms with Crippen LogP contribution in [0.5, 0.6) is 17.2 Å². The maximum absolute atomic E-state index is 12.1. The van der Waals surface area contributed by atoms with E-state index in [-0.39, 0.29) is 6.10 Å². The Balaban J connectivity index is 2.28. The van der Waals surface area contributed by atoms with Crippen LogP contribution in [0, 0.1) is 6.92 Å². The third-order valence-electron chi connectivity index (χ3n) is 3.20. The molecule has 23 heavy (non-hydrogen) atoms. The SMILES string of the molecule is COc1ccc(Oc2cc(C(=O)OC(C)C)c(N)cc2C)cc1. The van der Waals surface area contributed by atoms with Crippen molar-refractivity contribution < 1.29 is 19.0 Å². The van der Waals surface area contributed by atoms with E-state index in [4.69, 9.17) is 19.9 Å². The second kappa shape index (κ2) is 7.05. The van der Waals surface area contributed by atoms with Gasteiger partial charge in [-0.05, 0) is 62.7 Å². The predicted molar refractivity (Wildman–Crippen MR) is 89.2 cm³/mol. The van der Waals surface area contributed by atoms with E-state index in [9.17, 15) is 4.79 Å². The second-order valence-corrected chi connectivity index (χ2v) is 5.44. The molecule has 0 saturated heterocycles. The summed E-state index contributed by atoms with van der Waals surface area (Å²) >= 11 is 0. The monoisotopic (exact) mass is 315 g/mol. The van der Waals surface area contributed by atoms with Crippen LogP contribution < -0.4 is 15.2 Å². The van der Waals surface area contributed by atoms with Crippen molar-refractivity contribution in [2.24, 2.45) is 0 Å². The third-order valence-corrected chi connectivity index (χ3v) is 3.20. The minimum Gasteiger partial charge on any atom is -0.497 e. The number of anilines is 1. The summed E-state index contributed by atoms with van der Waals surface area (Å²) in [6, 6.07) is 10.5. The number of nitrogen functional groups attached to an aromatic ring is 1. The molecule has 0 heterocycles. The van der Waals surface area contributed by atoms with Gasteiger partial charge in [-0.3, -0.25) is 0 Å². The van der Waals surface area contributed by atoms with E-state index in [1.165, 1.54) is 0 Å². The van der Waals surface area contributed by atoms with E-state index in [0.717, 1.165) is 11.3 Å². The van der Waals surface area contributed by atoms with Gasteiger partial charge in [0.15, 0.2) is 0 Å². The number of carbonyl (C=O) groups is 1. The van der Waals surface area contributed by atoms with E-state index in [2.05, 4.69) is 0 Å². The molecule has 0 saturated carbocycles. The van der Waals surface area contributed by atoms with Crippen LogP contribution in [0.1, 0.15) is 29.8 Å². The van der Waals surface area contributed by atoms with E-state index in [1.54, 1.807) is 57.4 Å². The first-order valence-electron chi connectivity index (χ1n) is 7.33. The minimum atomic E-state index is -0.461. The zero-order valence-electron chi connectivity index (χ0n) is 13.8. The number of carbonyl (C=O) groups excluding carboxylic acids is 1. The molecule has 5 nitrogen and oxygen atoms in total. The molecule has 0 aromatic heterocycles. The maximum Gasteiger partial charge on any atom is 0.340 e. The van der Waals surface area contributed by atoms with Crippen LogP contribution in [-0.2, 0) is 4.74 Å². The molecule has 122 valence electrons. The average molecular weight is 315 g/mol. The van der Waals surface area contributed by atoms with Gasteiger partial charge >= 0.3 is 5.97 Å². The summed E-state index contributed by atoms with van der Waals surface area (Å²) in [6.45, 7) is 5.45. The molecule has 0 amide bonds. The number of aryl methyl sites for hydroxylation is 1. The zero-order chi connectivity index (χ0) is 17.0. The highest BCUT2D eigenvalue weighted by atomic mass is 16.5. The standard InChI is InChI=1S/C18H21NO4/c1-11(2)22-18(20)15-10-17(12(3)9-16(15)19)23-14-7-5-13(21-4)6-8-14/h5-11H,19H2,1-4H3. The van der Waals surface area contributed by atoms with Crippen LogP contribution in [0.2, 0.25) is 0 Å². The quantitative estimate of drug-likeness (QED) is 0.668. The van der Waals surface area contributed by atoms with Crippen molar-refractivity contribution in [1.82, 2.24) is 0 Å². The Kier molecular flexibility index (Phi) is 5.11. The Morgan fingerprint density at radius 1 is 1.09 bits per heavy atom. The lowest BCUT2D eigenvalue weighted by molar-refractivity contribution is 0.0379. The Morgan fingerprint density at radius 3 is 2.26 bits per heavy atom. The highest BCUT2D eigenvalue weighted by Crippen LogP contribution is 2.30. The largest absolute Gasteiger partial charge is 0.497 e. The highest BCUT2D eigenvalue weighted by molar-refractivity contribution is 5.96. The smallest absolute Gasteiger partial charge is 0.340 e. The first-order chi connectivity index (χ1) is 10.9. The van der Waals surface area contributed by atoms with Crippen LogP contribution in [0.4, 0.5) is 5.69 Å². The van der Waals surface area contributed by atoms with Gasteiger partial charge in [0.1, 0.15) is 17.2 Å². The van der Waals surface area contributed by atoms with Crippen LogP contribution in [0.15, 0.2) is 36.4 Å². The lowest BCUT2D eigenvalue weighted by atomic mass is 10.1. The van der Waals surface area contributed by atoms with Crippen molar-refractivity contribution in [3.8, 4) is 17.2 Å². The lowest BCUT2D eigenvalue weighted by Gasteiger charge is -2.14. The fourth-order valence-corrected chi connectivity index (χ4v) is 2.05. The number of ether oxygens (including phenoxy) is 3. The topological polar surface area (TPSA) is 70.8 Å². The molecule has 2 N–H and O–H groups in total. The van der Waals surface area contributed by atoms with Gasteiger partial charge in [-0.25, -0.2) is 4.79 Å². The van der Waals surface area contributed by atoms with E-state index >= 15 is 0 Å². The van der Waals surface area contributed by atoms with Gasteiger partial charge in [0, 0.05) is 5.69 Å². The van der Waals surface area contributed by atoms with Gasteiger partial charge in [-0.2, -0.15) is 0 Å². The average Bonchev–Trinajstić information content (AvgIpc) is 2.50. The number of nitrogens with two attached hydrogens (primary N) is 1. The van der Waals surface area contributed by atoms with Crippen molar-refractivity contribution in [1.29, 1.82) is 0 Å². The number of hydrogen-bond donors (Lipinski definition) is 1. The summed E-state index contributed by atoms with van der Waals surface area (Å²) in [7, 11) is 1.60. The second-order valence-electron chi connectivity index (χ2n) is 5.44. The summed E-state index contributed by atoms with van der Waals surface area (Å²) in [5.74, 6) is 1.48. The molecule has 0 aliphatic carbocycles. The Hall–Kier alpha value is -2.69. The first-order valence-corrected chi connectivity index (χ1v) is 7.33. The van der Waals surface area contributed by atoms with E-state index in [0.29, 0.717) is 22.7 Å². The highest BCUT2D eigenvalue weighted by Gasteiger charge is 2.16. The molecule has 0 atom stereocenters. The van der Waals surface area contributed by atoms with Gasteiger partial charge < -0.3 is 19.9 Å². The molecule has 0 spiro atoms. The third kappa shape index (κ3) is 4.16. The van der Waals surface area contributed by atoms with Gasteiger partial charge in [0.25, 0.3) is 0 Å². The van der Waals surface area contributed by atoms with E-state index < -0.39 is 5.97 Å². The number of hydrogen-bond acceptors (Lipinski definition) is 5. The molecule has 2 aromatic rings. The molecule has 0 fully saturated rings. The van der Waals surface area contributed by atoms with Crippen LogP contribution in [-0.4, -0.2) is 19.2 Å². The molecule has 2 rings (SSSR count). The van der Waals surface area contributed by atoms with E-state index in [1.807, 2.05) is 6.92 Å². The minimum absolute atomic E-state index is 0.214. The fourth-order valence-electron chi connectivity index (χ4n) is 2.05. The van der Waals surface area contributed by atoms with Crippen molar-refractivity contribution >= 4 is 11.7 Å². The molecule has 0 bridgehead atoms. The van der Waals surface area contributed by atoms with Crippen LogP contribution in [0.3, 0.4) is 0 Å². The van der Waals surface area contributed by atoms with Crippen molar-refractivity contribution in [2.45, 2.75) is 26.9 Å². The molecular formula is C18H21NO4. The Morgan fingerprint density at radius 2 is 1.70 bits per heavy atom. The van der Waals surface area contributed by atoms with Gasteiger partial charge in [-0.1, -0.05) is 0 Å².